The van der Waals surface area contributed by atoms with Crippen LogP contribution in [-0.2, 0) is 16.4 Å². The number of benzene rings is 2. The molecule has 162 valence electrons. The molecule has 4 aromatic rings. The van der Waals surface area contributed by atoms with Crippen LogP contribution in [0.1, 0.15) is 22.8 Å². The number of pyridine rings is 1. The van der Waals surface area contributed by atoms with Crippen LogP contribution < -0.4 is 4.72 Å². The fourth-order valence-electron chi connectivity index (χ4n) is 3.19. The lowest BCUT2D eigenvalue weighted by molar-refractivity contribution is 0.0696. The smallest absolute Gasteiger partial charge is 0.335 e. The second-order valence-electron chi connectivity index (χ2n) is 6.90. The summed E-state index contributed by atoms with van der Waals surface area (Å²) in [4.78, 5) is 15.6. The van der Waals surface area contributed by atoms with Gasteiger partial charge in [0.15, 0.2) is 0 Å². The highest BCUT2D eigenvalue weighted by molar-refractivity contribution is 7.92. The normalized spacial score (nSPS) is 11.3. The van der Waals surface area contributed by atoms with Gasteiger partial charge in [0.1, 0.15) is 5.69 Å². The average Bonchev–Trinajstić information content (AvgIpc) is 3.29. The van der Waals surface area contributed by atoms with Gasteiger partial charge in [0.2, 0.25) is 0 Å². The Morgan fingerprint density at radius 1 is 1.06 bits per heavy atom. The summed E-state index contributed by atoms with van der Waals surface area (Å²) in [5.41, 5.74) is 2.51. The molecule has 2 heterocycles. The Balaban J connectivity index is 1.62. The number of carboxylic acids is 1. The Kier molecular flexibility index (Phi) is 5.69. The Hall–Kier alpha value is -4.05. The molecule has 0 saturated carbocycles. The second kappa shape index (κ2) is 8.60. The summed E-state index contributed by atoms with van der Waals surface area (Å²) in [6.45, 7) is 1.90. The first-order chi connectivity index (χ1) is 15.4. The summed E-state index contributed by atoms with van der Waals surface area (Å²) in [6.07, 6.45) is 3.57. The number of hydrogen-bond acceptors (Lipinski definition) is 6. The maximum absolute atomic E-state index is 12.9. The van der Waals surface area contributed by atoms with Gasteiger partial charge in [0.05, 0.1) is 33.7 Å². The highest BCUT2D eigenvalue weighted by atomic mass is 32.2. The number of hydrogen-bond donors (Lipinski definition) is 2. The van der Waals surface area contributed by atoms with Crippen molar-refractivity contribution < 1.29 is 18.3 Å². The highest BCUT2D eigenvalue weighted by Gasteiger charge is 2.18. The van der Waals surface area contributed by atoms with Crippen molar-refractivity contribution in [2.45, 2.75) is 18.2 Å². The molecule has 4 rings (SSSR count). The topological polar surface area (TPSA) is 127 Å². The first-order valence-electron chi connectivity index (χ1n) is 9.70. The zero-order valence-electron chi connectivity index (χ0n) is 17.0. The number of aryl methyl sites for hydroxylation is 1. The minimum Gasteiger partial charge on any atom is -0.478 e. The average molecular weight is 449 g/mol. The predicted octanol–water partition coefficient (Wildman–Crippen LogP) is 3.39. The molecule has 10 heteroatoms. The Bertz CT molecular complexity index is 1400. The molecule has 9 nitrogen and oxygen atoms in total. The number of anilines is 1. The molecule has 0 saturated heterocycles. The Labute approximate surface area is 184 Å². The van der Waals surface area contributed by atoms with E-state index < -0.39 is 16.0 Å². The number of aromatic carboxylic acids is 1. The molecular weight excluding hydrogens is 430 g/mol. The second-order valence-corrected chi connectivity index (χ2v) is 8.55. The summed E-state index contributed by atoms with van der Waals surface area (Å²) in [5.74, 6) is -1.06. The summed E-state index contributed by atoms with van der Waals surface area (Å²) in [6, 6.07) is 16.4. The molecule has 2 aromatic carbocycles. The van der Waals surface area contributed by atoms with Crippen LogP contribution in [0.15, 0.2) is 78.0 Å². The highest BCUT2D eigenvalue weighted by Crippen LogP contribution is 2.23. The van der Waals surface area contributed by atoms with Crippen LogP contribution in [0, 0.1) is 0 Å². The van der Waals surface area contributed by atoms with E-state index in [0.717, 1.165) is 5.56 Å². The zero-order chi connectivity index (χ0) is 22.7. The fraction of sp³-hybridized carbons (Fsp3) is 0.0909. The van der Waals surface area contributed by atoms with E-state index in [1.807, 2.05) is 13.0 Å². The van der Waals surface area contributed by atoms with Crippen LogP contribution >= 0.6 is 0 Å². The van der Waals surface area contributed by atoms with Gasteiger partial charge in [-0.15, -0.1) is 5.10 Å². The van der Waals surface area contributed by atoms with Crippen molar-refractivity contribution in [3.63, 3.8) is 0 Å². The SMILES string of the molecule is CCc1ccccc1S(=O)(=O)Nc1cccc(-n2cc(-c3cc(C(=O)O)ccn3)nn2)c1. The van der Waals surface area contributed by atoms with E-state index in [1.54, 1.807) is 48.7 Å². The van der Waals surface area contributed by atoms with E-state index in [9.17, 15) is 13.2 Å². The number of aromatic nitrogens is 4. The third-order valence-corrected chi connectivity index (χ3v) is 6.25. The van der Waals surface area contributed by atoms with Gasteiger partial charge in [0, 0.05) is 6.20 Å². The molecule has 0 bridgehead atoms. The van der Waals surface area contributed by atoms with E-state index >= 15 is 0 Å². The van der Waals surface area contributed by atoms with Crippen LogP contribution in [-0.4, -0.2) is 39.5 Å². The number of rotatable bonds is 7. The van der Waals surface area contributed by atoms with E-state index in [-0.39, 0.29) is 10.5 Å². The summed E-state index contributed by atoms with van der Waals surface area (Å²) in [5, 5.41) is 17.3. The molecule has 0 spiro atoms. The fourth-order valence-corrected chi connectivity index (χ4v) is 4.55. The molecule has 0 aliphatic carbocycles. The Morgan fingerprint density at radius 2 is 1.88 bits per heavy atom. The molecule has 2 aromatic heterocycles. The van der Waals surface area contributed by atoms with Gasteiger partial charge < -0.3 is 5.11 Å². The third kappa shape index (κ3) is 4.35. The van der Waals surface area contributed by atoms with Gasteiger partial charge >= 0.3 is 5.97 Å². The van der Waals surface area contributed by atoms with E-state index in [0.29, 0.717) is 29.2 Å². The van der Waals surface area contributed by atoms with Crippen molar-refractivity contribution in [1.82, 2.24) is 20.0 Å². The van der Waals surface area contributed by atoms with E-state index in [1.165, 1.54) is 23.0 Å². The maximum Gasteiger partial charge on any atom is 0.335 e. The van der Waals surface area contributed by atoms with Crippen LogP contribution in [0.5, 0.6) is 0 Å². The predicted molar refractivity (Wildman–Crippen MR) is 118 cm³/mol. The number of nitrogens with zero attached hydrogens (tertiary/aromatic N) is 4. The van der Waals surface area contributed by atoms with E-state index in [2.05, 4.69) is 20.0 Å². The van der Waals surface area contributed by atoms with E-state index in [4.69, 9.17) is 5.11 Å². The molecule has 0 atom stereocenters. The standard InChI is InChI=1S/C22H19N5O4S/c1-2-15-6-3-4-9-21(15)32(30,31)25-17-7-5-8-18(13-17)27-14-20(24-26-27)19-12-16(22(28)29)10-11-23-19/h3-14,25H,2H2,1H3,(H,28,29). The quantitative estimate of drug-likeness (QED) is 0.443. The Morgan fingerprint density at radius 3 is 2.66 bits per heavy atom. The number of carbonyl (C=O) groups is 1. The largest absolute Gasteiger partial charge is 0.478 e. The van der Waals surface area contributed by atoms with Crippen LogP contribution in [0.4, 0.5) is 5.69 Å². The molecule has 0 amide bonds. The third-order valence-electron chi connectivity index (χ3n) is 4.77. The summed E-state index contributed by atoms with van der Waals surface area (Å²) >= 11 is 0. The van der Waals surface area contributed by atoms with Crippen molar-refractivity contribution >= 4 is 21.7 Å². The van der Waals surface area contributed by atoms with Crippen molar-refractivity contribution in [1.29, 1.82) is 0 Å². The number of nitrogens with one attached hydrogen (secondary N) is 1. The molecular formula is C22H19N5O4S. The monoisotopic (exact) mass is 449 g/mol. The molecule has 0 aliphatic rings. The van der Waals surface area contributed by atoms with Gasteiger partial charge in [-0.1, -0.05) is 36.4 Å². The molecule has 2 N–H and O–H groups in total. The number of sulfonamides is 1. The van der Waals surface area contributed by atoms with Crippen molar-refractivity contribution in [2.24, 2.45) is 0 Å². The van der Waals surface area contributed by atoms with Crippen molar-refractivity contribution in [2.75, 3.05) is 4.72 Å². The zero-order valence-corrected chi connectivity index (χ0v) is 17.8. The minimum absolute atomic E-state index is 0.0910. The summed E-state index contributed by atoms with van der Waals surface area (Å²) in [7, 11) is -3.77. The first kappa shape index (κ1) is 21.2. The molecule has 0 radical (unpaired) electrons. The molecule has 0 aliphatic heterocycles. The molecule has 0 unspecified atom stereocenters. The van der Waals surface area contributed by atoms with Crippen molar-refractivity contribution in [3.05, 3.63) is 84.2 Å². The maximum atomic E-state index is 12.9. The lowest BCUT2D eigenvalue weighted by atomic mass is 10.2. The van der Waals surface area contributed by atoms with Crippen LogP contribution in [0.3, 0.4) is 0 Å². The molecule has 0 fully saturated rings. The van der Waals surface area contributed by atoms with Crippen LogP contribution in [0.25, 0.3) is 17.1 Å². The lowest BCUT2D eigenvalue weighted by Gasteiger charge is -2.12. The van der Waals surface area contributed by atoms with Crippen molar-refractivity contribution in [3.8, 4) is 17.1 Å². The van der Waals surface area contributed by atoms with Gasteiger partial charge in [-0.2, -0.15) is 0 Å². The lowest BCUT2D eigenvalue weighted by Crippen LogP contribution is -2.15. The van der Waals surface area contributed by atoms with Crippen LogP contribution in [0.2, 0.25) is 0 Å². The first-order valence-corrected chi connectivity index (χ1v) is 11.2. The number of carboxylic acid groups (broad SMARTS) is 1. The van der Waals surface area contributed by atoms with Gasteiger partial charge in [0.25, 0.3) is 10.0 Å². The summed E-state index contributed by atoms with van der Waals surface area (Å²) < 4.78 is 29.9. The minimum atomic E-state index is -3.77. The molecule has 32 heavy (non-hydrogen) atoms. The van der Waals surface area contributed by atoms with Gasteiger partial charge in [-0.05, 0) is 48.4 Å². The van der Waals surface area contributed by atoms with Gasteiger partial charge in [-0.25, -0.2) is 17.9 Å². The van der Waals surface area contributed by atoms with Gasteiger partial charge in [-0.3, -0.25) is 9.71 Å².